The molecule has 1 heterocycles. The van der Waals surface area contributed by atoms with Crippen LogP contribution >= 0.6 is 0 Å². The van der Waals surface area contributed by atoms with Crippen LogP contribution < -0.4 is 0 Å². The third-order valence-electron chi connectivity index (χ3n) is 2.32. The van der Waals surface area contributed by atoms with Crippen molar-refractivity contribution >= 4 is 0 Å². The Morgan fingerprint density at radius 2 is 2.29 bits per heavy atom. The van der Waals surface area contributed by atoms with Gasteiger partial charge in [0.2, 0.25) is 0 Å². The van der Waals surface area contributed by atoms with Crippen LogP contribution in [-0.4, -0.2) is 36.7 Å². The highest BCUT2D eigenvalue weighted by Gasteiger charge is 2.06. The van der Waals surface area contributed by atoms with Crippen molar-refractivity contribution in [1.82, 2.24) is 9.88 Å². The minimum absolute atomic E-state index is 0.338. The van der Waals surface area contributed by atoms with Crippen molar-refractivity contribution in [2.24, 2.45) is 0 Å². The van der Waals surface area contributed by atoms with Crippen LogP contribution in [0.25, 0.3) is 0 Å². The topological polar surface area (TPSA) is 49.1 Å². The minimum Gasteiger partial charge on any atom is -0.383 e. The normalized spacial score (nSPS) is 10.5. The van der Waals surface area contributed by atoms with Crippen molar-refractivity contribution in [3.05, 3.63) is 29.8 Å². The number of rotatable bonds is 7. The van der Waals surface area contributed by atoms with Gasteiger partial charge in [-0.2, -0.15) is 5.26 Å². The van der Waals surface area contributed by atoms with Gasteiger partial charge in [0.05, 0.1) is 18.9 Å². The summed E-state index contributed by atoms with van der Waals surface area (Å²) in [5.41, 5.74) is 0.805. The molecule has 1 rings (SSSR count). The maximum atomic E-state index is 13.0. The number of methoxy groups -OCH3 is 1. The number of hydrogen-bond acceptors (Lipinski definition) is 4. The Bertz CT molecular complexity index is 378. The van der Waals surface area contributed by atoms with Gasteiger partial charge in [0.15, 0.2) is 0 Å². The zero-order valence-electron chi connectivity index (χ0n) is 9.90. The lowest BCUT2D eigenvalue weighted by Gasteiger charge is -2.20. The van der Waals surface area contributed by atoms with E-state index in [1.54, 1.807) is 13.3 Å². The molecule has 1 aromatic heterocycles. The first kappa shape index (κ1) is 13.6. The van der Waals surface area contributed by atoms with Crippen molar-refractivity contribution in [2.75, 3.05) is 26.8 Å². The monoisotopic (exact) mass is 237 g/mol. The molecule has 0 aliphatic carbocycles. The van der Waals surface area contributed by atoms with Crippen LogP contribution in [0.1, 0.15) is 12.0 Å². The summed E-state index contributed by atoms with van der Waals surface area (Å²) in [5, 5.41) is 8.57. The van der Waals surface area contributed by atoms with E-state index in [1.807, 2.05) is 4.90 Å². The van der Waals surface area contributed by atoms with Crippen LogP contribution in [0.2, 0.25) is 0 Å². The van der Waals surface area contributed by atoms with Crippen molar-refractivity contribution in [3.63, 3.8) is 0 Å². The van der Waals surface area contributed by atoms with Crippen molar-refractivity contribution in [3.8, 4) is 6.07 Å². The molecular formula is C12H16FN3O. The van der Waals surface area contributed by atoms with Crippen LogP contribution in [0.4, 0.5) is 4.39 Å². The van der Waals surface area contributed by atoms with Crippen LogP contribution in [0.3, 0.4) is 0 Å². The predicted octanol–water partition coefficient (Wildman–Crippen LogP) is 1.58. The Morgan fingerprint density at radius 3 is 2.94 bits per heavy atom. The lowest BCUT2D eigenvalue weighted by Crippen LogP contribution is -2.28. The molecule has 0 saturated heterocycles. The van der Waals surface area contributed by atoms with E-state index in [0.717, 1.165) is 5.56 Å². The molecule has 0 spiro atoms. The van der Waals surface area contributed by atoms with Crippen LogP contribution in [0.5, 0.6) is 0 Å². The molecule has 0 aromatic carbocycles. The van der Waals surface area contributed by atoms with Gasteiger partial charge in [-0.25, -0.2) is 4.39 Å². The van der Waals surface area contributed by atoms with Crippen LogP contribution in [0, 0.1) is 17.1 Å². The Labute approximate surface area is 101 Å². The average molecular weight is 237 g/mol. The molecule has 0 fully saturated rings. The van der Waals surface area contributed by atoms with Gasteiger partial charge in [0, 0.05) is 39.4 Å². The molecule has 0 aliphatic heterocycles. The molecule has 0 amide bonds. The second-order valence-corrected chi connectivity index (χ2v) is 3.69. The molecule has 5 heteroatoms. The fourth-order valence-electron chi connectivity index (χ4n) is 1.50. The van der Waals surface area contributed by atoms with Crippen molar-refractivity contribution in [2.45, 2.75) is 13.0 Å². The van der Waals surface area contributed by atoms with E-state index in [1.165, 1.54) is 12.3 Å². The molecule has 0 saturated carbocycles. The quantitative estimate of drug-likeness (QED) is 0.722. The summed E-state index contributed by atoms with van der Waals surface area (Å²) < 4.78 is 18.0. The van der Waals surface area contributed by atoms with Gasteiger partial charge in [-0.05, 0) is 11.6 Å². The Morgan fingerprint density at radius 1 is 1.47 bits per heavy atom. The van der Waals surface area contributed by atoms with Crippen LogP contribution in [-0.2, 0) is 11.3 Å². The fraction of sp³-hybridized carbons (Fsp3) is 0.500. The number of pyridine rings is 1. The molecule has 0 unspecified atom stereocenters. The van der Waals surface area contributed by atoms with Gasteiger partial charge in [-0.1, -0.05) is 0 Å². The van der Waals surface area contributed by atoms with Gasteiger partial charge >= 0.3 is 0 Å². The largest absolute Gasteiger partial charge is 0.383 e. The molecule has 0 atom stereocenters. The van der Waals surface area contributed by atoms with E-state index in [9.17, 15) is 4.39 Å². The van der Waals surface area contributed by atoms with E-state index >= 15 is 0 Å². The first-order valence-corrected chi connectivity index (χ1v) is 5.44. The van der Waals surface area contributed by atoms with Gasteiger partial charge in [-0.3, -0.25) is 9.88 Å². The third kappa shape index (κ3) is 5.38. The predicted molar refractivity (Wildman–Crippen MR) is 61.6 cm³/mol. The first-order chi connectivity index (χ1) is 8.26. The van der Waals surface area contributed by atoms with Crippen LogP contribution in [0.15, 0.2) is 18.5 Å². The van der Waals surface area contributed by atoms with Gasteiger partial charge in [0.25, 0.3) is 0 Å². The standard InChI is InChI=1S/C12H16FN3O/c1-17-6-5-16(4-2-3-14)10-11-7-12(13)9-15-8-11/h7-9H,2,4-6,10H2,1H3. The smallest absolute Gasteiger partial charge is 0.141 e. The number of nitriles is 1. The number of halogens is 1. The minimum atomic E-state index is -0.338. The summed E-state index contributed by atoms with van der Waals surface area (Å²) in [6.07, 6.45) is 3.26. The summed E-state index contributed by atoms with van der Waals surface area (Å²) in [5.74, 6) is -0.338. The second kappa shape index (κ2) is 7.71. The van der Waals surface area contributed by atoms with Crippen molar-refractivity contribution in [1.29, 1.82) is 5.26 Å². The van der Waals surface area contributed by atoms with E-state index in [-0.39, 0.29) is 5.82 Å². The summed E-state index contributed by atoms with van der Waals surface area (Å²) in [7, 11) is 1.63. The Hall–Kier alpha value is -1.51. The maximum Gasteiger partial charge on any atom is 0.141 e. The molecule has 4 nitrogen and oxygen atoms in total. The maximum absolute atomic E-state index is 13.0. The molecule has 1 aromatic rings. The van der Waals surface area contributed by atoms with E-state index < -0.39 is 0 Å². The summed E-state index contributed by atoms with van der Waals surface area (Å²) in [6.45, 7) is 2.54. The van der Waals surface area contributed by atoms with Gasteiger partial charge in [-0.15, -0.1) is 0 Å². The fourth-order valence-corrected chi connectivity index (χ4v) is 1.50. The number of ether oxygens (including phenoxy) is 1. The number of hydrogen-bond donors (Lipinski definition) is 0. The molecule has 0 aliphatic rings. The molecule has 0 N–H and O–H groups in total. The highest BCUT2D eigenvalue weighted by Crippen LogP contribution is 2.05. The Balaban J connectivity index is 2.55. The van der Waals surface area contributed by atoms with E-state index in [4.69, 9.17) is 10.00 Å². The highest BCUT2D eigenvalue weighted by molar-refractivity contribution is 5.09. The zero-order chi connectivity index (χ0) is 12.5. The first-order valence-electron chi connectivity index (χ1n) is 5.44. The number of aromatic nitrogens is 1. The summed E-state index contributed by atoms with van der Waals surface area (Å²) in [4.78, 5) is 5.84. The van der Waals surface area contributed by atoms with Gasteiger partial charge < -0.3 is 4.74 Å². The highest BCUT2D eigenvalue weighted by atomic mass is 19.1. The molecule has 92 valence electrons. The Kier molecular flexibility index (Phi) is 6.15. The molecule has 0 radical (unpaired) electrons. The second-order valence-electron chi connectivity index (χ2n) is 3.69. The molecule has 0 bridgehead atoms. The summed E-state index contributed by atoms with van der Waals surface area (Å²) >= 11 is 0. The summed E-state index contributed by atoms with van der Waals surface area (Å²) in [6, 6.07) is 3.56. The number of nitrogens with zero attached hydrogens (tertiary/aromatic N) is 3. The van der Waals surface area contributed by atoms with E-state index in [2.05, 4.69) is 11.1 Å². The third-order valence-corrected chi connectivity index (χ3v) is 2.32. The zero-order valence-corrected chi connectivity index (χ0v) is 9.90. The average Bonchev–Trinajstić information content (AvgIpc) is 2.32. The lowest BCUT2D eigenvalue weighted by atomic mass is 10.2. The van der Waals surface area contributed by atoms with Crippen molar-refractivity contribution < 1.29 is 9.13 Å². The molecule has 17 heavy (non-hydrogen) atoms. The van der Waals surface area contributed by atoms with E-state index in [0.29, 0.717) is 32.7 Å². The van der Waals surface area contributed by atoms with Gasteiger partial charge in [0.1, 0.15) is 5.82 Å². The lowest BCUT2D eigenvalue weighted by molar-refractivity contribution is 0.145. The molecular weight excluding hydrogens is 221 g/mol. The SMILES string of the molecule is COCCN(CCC#N)Cc1cncc(F)c1.